The summed E-state index contributed by atoms with van der Waals surface area (Å²) in [6.07, 6.45) is 0.281. The molecule has 3 aliphatic heterocycles. The van der Waals surface area contributed by atoms with Crippen LogP contribution in [0, 0.1) is 0 Å². The lowest BCUT2D eigenvalue weighted by molar-refractivity contribution is -0.146. The molecule has 2 N–H and O–H groups in total. The lowest BCUT2D eigenvalue weighted by atomic mass is 9.96. The average molecular weight is 546 g/mol. The van der Waals surface area contributed by atoms with Gasteiger partial charge < -0.3 is 24.6 Å². The highest BCUT2D eigenvalue weighted by atomic mass is 35.5. The number of hydrogen-bond donors (Lipinski definition) is 2. The lowest BCUT2D eigenvalue weighted by Gasteiger charge is -2.43. The quantitative estimate of drug-likeness (QED) is 0.462. The molecule has 0 aromatic heterocycles. The molecular weight excluding hydrogens is 510 g/mol. The van der Waals surface area contributed by atoms with Gasteiger partial charge in [-0.15, -0.1) is 0 Å². The van der Waals surface area contributed by atoms with Crippen LogP contribution in [0.4, 0.5) is 0 Å². The standard InChI is InChI=1S/C24H36ClN3O7S/c25-18-3-1-4-21(13-18)36(31,32)28-15-19(29)16-34-17-23-22(28)6-5-20(35-23)14-24(30)26-7-2-8-27-9-11-33-12-10-27/h1,3-4,13,19-20,22-23,29H,2,5-12,14-17H2,(H,26,30)/t19-,20+,22+,23-/m1/s1. The maximum absolute atomic E-state index is 13.5. The second-order valence-electron chi connectivity index (χ2n) is 9.53. The predicted molar refractivity (Wildman–Crippen MR) is 133 cm³/mol. The van der Waals surface area contributed by atoms with Crippen LogP contribution in [0.3, 0.4) is 0 Å². The van der Waals surface area contributed by atoms with Crippen molar-refractivity contribution in [2.45, 2.75) is 54.9 Å². The first-order valence-corrected chi connectivity index (χ1v) is 14.4. The Bertz CT molecular complexity index is 976. The molecule has 1 aromatic rings. The van der Waals surface area contributed by atoms with Gasteiger partial charge in [0.2, 0.25) is 15.9 Å². The maximum atomic E-state index is 13.5. The molecule has 4 atom stereocenters. The number of nitrogens with zero attached hydrogens (tertiary/aromatic N) is 2. The SMILES string of the molecule is O=C(C[C@@H]1CC[C@H]2[C@@H](COC[C@H](O)CN2S(=O)(=O)c2cccc(Cl)c2)O1)NCCCN1CCOCC1. The number of aliphatic hydroxyl groups is 1. The molecule has 3 aliphatic rings. The minimum Gasteiger partial charge on any atom is -0.389 e. The number of rotatable bonds is 8. The normalized spacial score (nSPS) is 28.6. The molecule has 0 saturated carbocycles. The van der Waals surface area contributed by atoms with E-state index in [0.717, 1.165) is 39.3 Å². The van der Waals surface area contributed by atoms with E-state index in [-0.39, 0.29) is 43.1 Å². The van der Waals surface area contributed by atoms with Crippen LogP contribution in [0.1, 0.15) is 25.7 Å². The molecule has 10 nitrogen and oxygen atoms in total. The summed E-state index contributed by atoms with van der Waals surface area (Å²) in [6, 6.07) is 5.58. The fourth-order valence-corrected chi connectivity index (χ4v) is 6.99. The van der Waals surface area contributed by atoms with Gasteiger partial charge in [0.05, 0.1) is 62.1 Å². The van der Waals surface area contributed by atoms with E-state index in [4.69, 9.17) is 25.8 Å². The molecule has 0 unspecified atom stereocenters. The molecule has 1 amide bonds. The largest absolute Gasteiger partial charge is 0.389 e. The summed E-state index contributed by atoms with van der Waals surface area (Å²) >= 11 is 6.04. The van der Waals surface area contributed by atoms with Gasteiger partial charge in [0, 0.05) is 31.2 Å². The summed E-state index contributed by atoms with van der Waals surface area (Å²) < 4.78 is 45.5. The van der Waals surface area contributed by atoms with Gasteiger partial charge in [-0.25, -0.2) is 8.42 Å². The number of hydrogen-bond acceptors (Lipinski definition) is 8. The first kappa shape index (κ1) is 27.7. The van der Waals surface area contributed by atoms with E-state index in [1.807, 2.05) is 0 Å². The molecule has 0 radical (unpaired) electrons. The summed E-state index contributed by atoms with van der Waals surface area (Å²) in [5, 5.41) is 13.6. The van der Waals surface area contributed by atoms with Crippen molar-refractivity contribution in [2.24, 2.45) is 0 Å². The molecule has 3 saturated heterocycles. The number of morpholine rings is 1. The number of ether oxygens (including phenoxy) is 3. The third-order valence-electron chi connectivity index (χ3n) is 6.83. The number of carbonyl (C=O) groups excluding carboxylic acids is 1. The van der Waals surface area contributed by atoms with Crippen LogP contribution in [0.2, 0.25) is 5.02 Å². The first-order chi connectivity index (χ1) is 17.3. The highest BCUT2D eigenvalue weighted by molar-refractivity contribution is 7.89. The fourth-order valence-electron chi connectivity index (χ4n) is 4.97. The molecule has 12 heteroatoms. The van der Waals surface area contributed by atoms with Crippen LogP contribution >= 0.6 is 11.6 Å². The van der Waals surface area contributed by atoms with E-state index < -0.39 is 28.3 Å². The topological polar surface area (TPSA) is 118 Å². The minimum atomic E-state index is -3.93. The van der Waals surface area contributed by atoms with Crippen molar-refractivity contribution in [1.82, 2.24) is 14.5 Å². The van der Waals surface area contributed by atoms with Crippen LogP contribution in [0.5, 0.6) is 0 Å². The number of aliphatic hydroxyl groups excluding tert-OH is 1. The maximum Gasteiger partial charge on any atom is 0.243 e. The van der Waals surface area contributed by atoms with Crippen molar-refractivity contribution in [3.8, 4) is 0 Å². The summed E-state index contributed by atoms with van der Waals surface area (Å²) in [4.78, 5) is 14.9. The van der Waals surface area contributed by atoms with E-state index in [2.05, 4.69) is 10.2 Å². The number of carbonyl (C=O) groups is 1. The Hall–Kier alpha value is -1.31. The molecule has 36 heavy (non-hydrogen) atoms. The Morgan fingerprint density at radius 1 is 1.17 bits per heavy atom. The van der Waals surface area contributed by atoms with Gasteiger partial charge in [0.15, 0.2) is 0 Å². The second-order valence-corrected chi connectivity index (χ2v) is 11.9. The van der Waals surface area contributed by atoms with E-state index in [1.54, 1.807) is 12.1 Å². The minimum absolute atomic E-state index is 0.00242. The van der Waals surface area contributed by atoms with Crippen molar-refractivity contribution in [3.05, 3.63) is 29.3 Å². The Kier molecular flexibility index (Phi) is 9.98. The molecule has 202 valence electrons. The molecule has 4 rings (SSSR count). The third kappa shape index (κ3) is 7.38. The Morgan fingerprint density at radius 3 is 2.75 bits per heavy atom. The number of amides is 1. The van der Waals surface area contributed by atoms with E-state index in [1.165, 1.54) is 16.4 Å². The van der Waals surface area contributed by atoms with Gasteiger partial charge in [-0.3, -0.25) is 9.69 Å². The summed E-state index contributed by atoms with van der Waals surface area (Å²) in [6.45, 7) is 4.93. The highest BCUT2D eigenvalue weighted by Gasteiger charge is 2.43. The smallest absolute Gasteiger partial charge is 0.243 e. The second kappa shape index (κ2) is 13.0. The van der Waals surface area contributed by atoms with Crippen LogP contribution in [0.25, 0.3) is 0 Å². The number of halogens is 1. The predicted octanol–water partition coefficient (Wildman–Crippen LogP) is 0.867. The monoisotopic (exact) mass is 545 g/mol. The van der Waals surface area contributed by atoms with Crippen LogP contribution in [0.15, 0.2) is 29.2 Å². The zero-order valence-corrected chi connectivity index (χ0v) is 22.0. The molecule has 0 aliphatic carbocycles. The molecule has 3 heterocycles. The van der Waals surface area contributed by atoms with Crippen LogP contribution < -0.4 is 5.32 Å². The van der Waals surface area contributed by atoms with Crippen LogP contribution in [-0.2, 0) is 29.0 Å². The van der Waals surface area contributed by atoms with Crippen molar-refractivity contribution in [1.29, 1.82) is 0 Å². The zero-order valence-electron chi connectivity index (χ0n) is 20.4. The van der Waals surface area contributed by atoms with Crippen molar-refractivity contribution < 1.29 is 32.5 Å². The van der Waals surface area contributed by atoms with Gasteiger partial charge in [0.1, 0.15) is 0 Å². The van der Waals surface area contributed by atoms with Crippen molar-refractivity contribution in [3.63, 3.8) is 0 Å². The van der Waals surface area contributed by atoms with Gasteiger partial charge in [-0.2, -0.15) is 4.31 Å². The Balaban J connectivity index is 1.33. The third-order valence-corrected chi connectivity index (χ3v) is 8.95. The first-order valence-electron chi connectivity index (χ1n) is 12.6. The summed E-state index contributed by atoms with van der Waals surface area (Å²) in [7, 11) is -3.93. The molecule has 1 aromatic carbocycles. The van der Waals surface area contributed by atoms with E-state index >= 15 is 0 Å². The Morgan fingerprint density at radius 2 is 1.97 bits per heavy atom. The molecular formula is C24H36ClN3O7S. The fraction of sp³-hybridized carbons (Fsp3) is 0.708. The van der Waals surface area contributed by atoms with E-state index in [0.29, 0.717) is 24.4 Å². The van der Waals surface area contributed by atoms with Gasteiger partial charge in [-0.05, 0) is 44.0 Å². The van der Waals surface area contributed by atoms with Gasteiger partial charge in [-0.1, -0.05) is 17.7 Å². The molecule has 0 spiro atoms. The van der Waals surface area contributed by atoms with Gasteiger partial charge in [0.25, 0.3) is 0 Å². The lowest BCUT2D eigenvalue weighted by Crippen LogP contribution is -2.57. The average Bonchev–Trinajstić information content (AvgIpc) is 2.85. The molecule has 3 fully saturated rings. The number of β-amino-alcohol motifs (C(OH)–C–C–N with tert-alkyl or cyclic N) is 1. The highest BCUT2D eigenvalue weighted by Crippen LogP contribution is 2.32. The van der Waals surface area contributed by atoms with Crippen LogP contribution in [-0.4, -0.2) is 112 Å². The number of fused-ring (bicyclic) bond motifs is 1. The van der Waals surface area contributed by atoms with Crippen molar-refractivity contribution in [2.75, 3.05) is 59.2 Å². The molecule has 0 bridgehead atoms. The van der Waals surface area contributed by atoms with Crippen molar-refractivity contribution >= 4 is 27.5 Å². The summed E-state index contributed by atoms with van der Waals surface area (Å²) in [5.74, 6) is -0.0778. The Labute approximate surface area is 217 Å². The summed E-state index contributed by atoms with van der Waals surface area (Å²) in [5.41, 5.74) is 0. The zero-order chi connectivity index (χ0) is 25.5. The van der Waals surface area contributed by atoms with Gasteiger partial charge >= 0.3 is 0 Å². The number of nitrogens with one attached hydrogen (secondary N) is 1. The van der Waals surface area contributed by atoms with E-state index in [9.17, 15) is 18.3 Å². The number of sulfonamides is 1. The number of benzene rings is 1.